The van der Waals surface area contributed by atoms with Crippen molar-refractivity contribution in [2.75, 3.05) is 25.2 Å². The van der Waals surface area contributed by atoms with Crippen LogP contribution in [0.25, 0.3) is 0 Å². The van der Waals surface area contributed by atoms with Crippen molar-refractivity contribution < 1.29 is 23.5 Å². The minimum Gasteiger partial charge on any atom is -0.494 e. The predicted octanol–water partition coefficient (Wildman–Crippen LogP) is 3.48. The maximum absolute atomic E-state index is 13.7. The average Bonchev–Trinajstić information content (AvgIpc) is 2.66. The molecule has 0 fully saturated rings. The lowest BCUT2D eigenvalue weighted by Crippen LogP contribution is -2.35. The Hall–Kier alpha value is -3.40. The van der Waals surface area contributed by atoms with Gasteiger partial charge in [0.05, 0.1) is 26.0 Å². The number of nitrogens with zero attached hydrogens (tertiary/aromatic N) is 2. The van der Waals surface area contributed by atoms with Gasteiger partial charge in [-0.1, -0.05) is 12.1 Å². The third-order valence-electron chi connectivity index (χ3n) is 4.19. The number of benzene rings is 2. The number of nitriles is 1. The molecule has 0 spiro atoms. The van der Waals surface area contributed by atoms with Crippen LogP contribution in [0.1, 0.15) is 23.1 Å². The normalized spacial score (nSPS) is 10.2. The third-order valence-corrected chi connectivity index (χ3v) is 4.19. The van der Waals surface area contributed by atoms with Crippen molar-refractivity contribution >= 4 is 17.6 Å². The molecule has 152 valence electrons. The van der Waals surface area contributed by atoms with Crippen molar-refractivity contribution in [2.24, 2.45) is 0 Å². The molecule has 0 aliphatic carbocycles. The summed E-state index contributed by atoms with van der Waals surface area (Å²) < 4.78 is 23.6. The van der Waals surface area contributed by atoms with Gasteiger partial charge in [-0.3, -0.25) is 9.59 Å². The molecule has 2 aromatic carbocycles. The summed E-state index contributed by atoms with van der Waals surface area (Å²) >= 11 is 0. The Morgan fingerprint density at radius 2 is 1.83 bits per heavy atom. The van der Waals surface area contributed by atoms with Crippen molar-refractivity contribution in [3.63, 3.8) is 0 Å². The summed E-state index contributed by atoms with van der Waals surface area (Å²) in [4.78, 5) is 26.1. The Kier molecular flexibility index (Phi) is 7.72. The van der Waals surface area contributed by atoms with Crippen LogP contribution in [0.15, 0.2) is 36.4 Å². The average molecular weight is 398 g/mol. The largest absolute Gasteiger partial charge is 0.494 e. The molecule has 1 amide bonds. The lowest BCUT2D eigenvalue weighted by Gasteiger charge is -2.22. The first kappa shape index (κ1) is 21.9. The number of methoxy groups -OCH3 is 1. The van der Waals surface area contributed by atoms with Crippen LogP contribution in [0.5, 0.6) is 5.75 Å². The smallest absolute Gasteiger partial charge is 0.310 e. The summed E-state index contributed by atoms with van der Waals surface area (Å²) in [5, 5.41) is 8.88. The standard InChI is InChI=1S/C22H23FN2O4/c1-15-9-16(2)11-18(10-15)25(8-4-7-24)21(26)14-29-22(27)13-17-5-6-20(28-3)19(23)12-17/h5-6,9-12H,4,8,13-14H2,1-3H3. The lowest BCUT2D eigenvalue weighted by molar-refractivity contribution is -0.147. The number of hydrogen-bond acceptors (Lipinski definition) is 5. The second-order valence-electron chi connectivity index (χ2n) is 6.61. The van der Waals surface area contributed by atoms with E-state index in [0.717, 1.165) is 11.1 Å². The first-order valence-electron chi connectivity index (χ1n) is 9.07. The van der Waals surface area contributed by atoms with Crippen LogP contribution in [0, 0.1) is 31.0 Å². The van der Waals surface area contributed by atoms with E-state index in [4.69, 9.17) is 14.7 Å². The third kappa shape index (κ3) is 6.32. The molecule has 6 nitrogen and oxygen atoms in total. The van der Waals surface area contributed by atoms with Crippen LogP contribution in [0.2, 0.25) is 0 Å². The number of carbonyl (C=O) groups excluding carboxylic acids is 2. The van der Waals surface area contributed by atoms with Gasteiger partial charge < -0.3 is 14.4 Å². The fourth-order valence-corrected chi connectivity index (χ4v) is 2.92. The highest BCUT2D eigenvalue weighted by molar-refractivity contribution is 5.95. The predicted molar refractivity (Wildman–Crippen MR) is 106 cm³/mol. The van der Waals surface area contributed by atoms with E-state index < -0.39 is 24.3 Å². The van der Waals surface area contributed by atoms with E-state index in [0.29, 0.717) is 11.3 Å². The number of ether oxygens (including phenoxy) is 2. The Morgan fingerprint density at radius 3 is 2.41 bits per heavy atom. The molecule has 0 aliphatic heterocycles. The zero-order chi connectivity index (χ0) is 21.4. The Bertz CT molecular complexity index is 917. The summed E-state index contributed by atoms with van der Waals surface area (Å²) in [6, 6.07) is 11.8. The maximum atomic E-state index is 13.7. The van der Waals surface area contributed by atoms with Crippen molar-refractivity contribution in [3.05, 3.63) is 58.9 Å². The lowest BCUT2D eigenvalue weighted by atomic mass is 10.1. The number of carbonyl (C=O) groups is 2. The molecular formula is C22H23FN2O4. The zero-order valence-corrected chi connectivity index (χ0v) is 16.7. The Balaban J connectivity index is 2.02. The molecule has 0 aromatic heterocycles. The van der Waals surface area contributed by atoms with E-state index >= 15 is 0 Å². The van der Waals surface area contributed by atoms with Gasteiger partial charge in [0.15, 0.2) is 18.2 Å². The van der Waals surface area contributed by atoms with Gasteiger partial charge in [0.1, 0.15) is 0 Å². The maximum Gasteiger partial charge on any atom is 0.310 e. The van der Waals surface area contributed by atoms with Gasteiger partial charge in [0.25, 0.3) is 5.91 Å². The van der Waals surface area contributed by atoms with E-state index in [1.54, 1.807) is 6.07 Å². The van der Waals surface area contributed by atoms with Gasteiger partial charge >= 0.3 is 5.97 Å². The van der Waals surface area contributed by atoms with E-state index in [9.17, 15) is 14.0 Å². The molecule has 29 heavy (non-hydrogen) atoms. The summed E-state index contributed by atoms with van der Waals surface area (Å²) in [7, 11) is 1.35. The van der Waals surface area contributed by atoms with Gasteiger partial charge in [-0.05, 0) is 54.8 Å². The SMILES string of the molecule is COc1ccc(CC(=O)OCC(=O)N(CCC#N)c2cc(C)cc(C)c2)cc1F. The van der Waals surface area contributed by atoms with E-state index in [1.165, 1.54) is 24.1 Å². The first-order valence-corrected chi connectivity index (χ1v) is 9.07. The second-order valence-corrected chi connectivity index (χ2v) is 6.61. The molecule has 0 atom stereocenters. The van der Waals surface area contributed by atoms with Crippen LogP contribution < -0.4 is 9.64 Å². The number of aryl methyl sites for hydroxylation is 2. The number of hydrogen-bond donors (Lipinski definition) is 0. The van der Waals surface area contributed by atoms with E-state index in [-0.39, 0.29) is 25.1 Å². The molecule has 0 radical (unpaired) electrons. The minimum absolute atomic E-state index is 0.0823. The topological polar surface area (TPSA) is 79.6 Å². The first-order chi connectivity index (χ1) is 13.8. The number of halogens is 1. The number of esters is 1. The molecule has 0 saturated carbocycles. The summed E-state index contributed by atoms with van der Waals surface area (Å²) in [6.07, 6.45) is -0.0201. The van der Waals surface area contributed by atoms with E-state index in [2.05, 4.69) is 0 Å². The van der Waals surface area contributed by atoms with Gasteiger partial charge in [-0.2, -0.15) is 5.26 Å². The fraction of sp³-hybridized carbons (Fsp3) is 0.318. The van der Waals surface area contributed by atoms with Gasteiger partial charge in [0.2, 0.25) is 0 Å². The van der Waals surface area contributed by atoms with Crippen LogP contribution in [0.3, 0.4) is 0 Å². The molecule has 2 rings (SSSR count). The zero-order valence-electron chi connectivity index (χ0n) is 16.7. The number of amides is 1. The molecule has 2 aromatic rings. The molecule has 0 aliphatic rings. The molecule has 0 bridgehead atoms. The van der Waals surface area contributed by atoms with Crippen LogP contribution in [-0.2, 0) is 20.7 Å². The van der Waals surface area contributed by atoms with Crippen LogP contribution >= 0.6 is 0 Å². The highest BCUT2D eigenvalue weighted by Crippen LogP contribution is 2.20. The van der Waals surface area contributed by atoms with Gasteiger partial charge in [-0.15, -0.1) is 0 Å². The van der Waals surface area contributed by atoms with Crippen molar-refractivity contribution in [1.29, 1.82) is 5.26 Å². The van der Waals surface area contributed by atoms with Crippen molar-refractivity contribution in [1.82, 2.24) is 0 Å². The van der Waals surface area contributed by atoms with Crippen molar-refractivity contribution in [2.45, 2.75) is 26.7 Å². The summed E-state index contributed by atoms with van der Waals surface area (Å²) in [5.41, 5.74) is 3.02. The van der Waals surface area contributed by atoms with Crippen LogP contribution in [0.4, 0.5) is 10.1 Å². The highest BCUT2D eigenvalue weighted by Gasteiger charge is 2.18. The molecule has 7 heteroatoms. The molecule has 0 unspecified atom stereocenters. The number of rotatable bonds is 8. The van der Waals surface area contributed by atoms with E-state index in [1.807, 2.05) is 38.1 Å². The highest BCUT2D eigenvalue weighted by atomic mass is 19.1. The summed E-state index contributed by atoms with van der Waals surface area (Å²) in [6.45, 7) is 3.56. The molecule has 0 N–H and O–H groups in total. The second kappa shape index (κ2) is 10.2. The Labute approximate surface area is 169 Å². The Morgan fingerprint density at radius 1 is 1.14 bits per heavy atom. The van der Waals surface area contributed by atoms with Gasteiger partial charge in [0, 0.05) is 12.2 Å². The number of anilines is 1. The van der Waals surface area contributed by atoms with Gasteiger partial charge in [-0.25, -0.2) is 4.39 Å². The molecule has 0 saturated heterocycles. The quantitative estimate of drug-likeness (QED) is 0.636. The monoisotopic (exact) mass is 398 g/mol. The summed E-state index contributed by atoms with van der Waals surface area (Å²) in [5.74, 6) is -1.58. The van der Waals surface area contributed by atoms with Crippen molar-refractivity contribution in [3.8, 4) is 11.8 Å². The fourth-order valence-electron chi connectivity index (χ4n) is 2.92. The molecular weight excluding hydrogens is 375 g/mol. The van der Waals surface area contributed by atoms with Crippen LogP contribution in [-0.4, -0.2) is 32.1 Å². The minimum atomic E-state index is -0.649. The molecule has 0 heterocycles.